The summed E-state index contributed by atoms with van der Waals surface area (Å²) in [7, 11) is 0. The highest BCUT2D eigenvalue weighted by Gasteiger charge is 2.10. The number of hydrogen-bond donors (Lipinski definition) is 2. The Morgan fingerprint density at radius 3 is 2.48 bits per heavy atom. The van der Waals surface area contributed by atoms with E-state index in [1.165, 1.54) is 11.1 Å². The van der Waals surface area contributed by atoms with E-state index in [4.69, 9.17) is 12.2 Å². The molecule has 0 spiro atoms. The quantitative estimate of drug-likeness (QED) is 0.832. The molecule has 110 valence electrons. The second kappa shape index (κ2) is 7.18. The van der Waals surface area contributed by atoms with E-state index in [1.807, 2.05) is 25.1 Å². The fourth-order valence-corrected chi connectivity index (χ4v) is 2.39. The van der Waals surface area contributed by atoms with Crippen molar-refractivity contribution in [2.75, 3.05) is 5.32 Å². The number of anilines is 1. The molecule has 1 heterocycles. The van der Waals surface area contributed by atoms with Gasteiger partial charge in [0.05, 0.1) is 6.04 Å². The maximum atomic E-state index is 5.39. The number of aromatic nitrogens is 1. The van der Waals surface area contributed by atoms with E-state index < -0.39 is 0 Å². The van der Waals surface area contributed by atoms with E-state index in [9.17, 15) is 0 Å². The first-order chi connectivity index (χ1) is 10.1. The lowest BCUT2D eigenvalue weighted by atomic mass is 10.0. The molecule has 1 atom stereocenters. The normalized spacial score (nSPS) is 11.8. The minimum atomic E-state index is 0.204. The molecular weight excluding hydrogens is 278 g/mol. The van der Waals surface area contributed by atoms with E-state index >= 15 is 0 Å². The van der Waals surface area contributed by atoms with Crippen molar-refractivity contribution in [1.29, 1.82) is 0 Å². The number of nitrogens with one attached hydrogen (secondary N) is 2. The van der Waals surface area contributed by atoms with Gasteiger partial charge >= 0.3 is 0 Å². The summed E-state index contributed by atoms with van der Waals surface area (Å²) in [5, 5.41) is 7.09. The van der Waals surface area contributed by atoms with Crippen LogP contribution in [0.5, 0.6) is 0 Å². The maximum Gasteiger partial charge on any atom is 0.172 e. The zero-order chi connectivity index (χ0) is 15.2. The Bertz CT molecular complexity index is 608. The molecule has 0 unspecified atom stereocenters. The van der Waals surface area contributed by atoms with Crippen LogP contribution in [0.2, 0.25) is 0 Å². The van der Waals surface area contributed by atoms with Gasteiger partial charge < -0.3 is 10.6 Å². The number of pyridine rings is 1. The molecule has 0 aliphatic heterocycles. The van der Waals surface area contributed by atoms with Crippen molar-refractivity contribution < 1.29 is 0 Å². The molecule has 2 rings (SSSR count). The minimum absolute atomic E-state index is 0.204. The van der Waals surface area contributed by atoms with E-state index in [2.05, 4.69) is 53.7 Å². The van der Waals surface area contributed by atoms with Crippen molar-refractivity contribution in [2.45, 2.75) is 33.2 Å². The van der Waals surface area contributed by atoms with Gasteiger partial charge in [-0.3, -0.25) is 0 Å². The molecule has 0 saturated heterocycles. The van der Waals surface area contributed by atoms with Gasteiger partial charge in [0.15, 0.2) is 5.11 Å². The Morgan fingerprint density at radius 1 is 1.14 bits per heavy atom. The van der Waals surface area contributed by atoms with Gasteiger partial charge in [-0.2, -0.15) is 0 Å². The average Bonchev–Trinajstić information content (AvgIpc) is 2.46. The van der Waals surface area contributed by atoms with Crippen LogP contribution in [0, 0.1) is 13.8 Å². The fraction of sp³-hybridized carbons (Fsp3) is 0.294. The van der Waals surface area contributed by atoms with E-state index in [0.717, 1.165) is 17.9 Å². The number of thiocarbonyl (C=S) groups is 1. The lowest BCUT2D eigenvalue weighted by molar-refractivity contribution is 0.629. The van der Waals surface area contributed by atoms with Crippen molar-refractivity contribution >= 4 is 23.1 Å². The molecule has 4 heteroatoms. The van der Waals surface area contributed by atoms with Crippen LogP contribution in [-0.4, -0.2) is 10.1 Å². The average molecular weight is 299 g/mol. The Morgan fingerprint density at radius 2 is 1.86 bits per heavy atom. The van der Waals surface area contributed by atoms with Gasteiger partial charge in [0, 0.05) is 5.69 Å². The van der Waals surface area contributed by atoms with Crippen molar-refractivity contribution in [3.63, 3.8) is 0 Å². The third-order valence-electron chi connectivity index (χ3n) is 3.32. The number of aryl methyl sites for hydroxylation is 2. The van der Waals surface area contributed by atoms with Crippen LogP contribution >= 0.6 is 12.2 Å². The molecule has 0 aliphatic carbocycles. The van der Waals surface area contributed by atoms with Gasteiger partial charge in [0.1, 0.15) is 5.82 Å². The van der Waals surface area contributed by atoms with Crippen molar-refractivity contribution in [3.05, 3.63) is 59.3 Å². The summed E-state index contributed by atoms with van der Waals surface area (Å²) < 4.78 is 0. The minimum Gasteiger partial charge on any atom is -0.356 e. The summed E-state index contributed by atoms with van der Waals surface area (Å²) in [6.45, 7) is 6.20. The lowest BCUT2D eigenvalue weighted by Gasteiger charge is -2.20. The molecule has 0 bridgehead atoms. The SMILES string of the molecule is CC[C@@H](NC(=S)Nc1cccc(C)n1)c1ccc(C)cc1. The second-order valence-corrected chi connectivity index (χ2v) is 5.54. The molecule has 2 aromatic rings. The Kier molecular flexibility index (Phi) is 5.28. The first-order valence-electron chi connectivity index (χ1n) is 7.16. The van der Waals surface area contributed by atoms with Crippen LogP contribution in [0.4, 0.5) is 5.82 Å². The predicted octanol–water partition coefficient (Wildman–Crippen LogP) is 4.14. The summed E-state index contributed by atoms with van der Waals surface area (Å²) >= 11 is 5.39. The molecule has 1 aromatic carbocycles. The first kappa shape index (κ1) is 15.4. The topological polar surface area (TPSA) is 37.0 Å². The smallest absolute Gasteiger partial charge is 0.172 e. The highest BCUT2D eigenvalue weighted by Crippen LogP contribution is 2.17. The van der Waals surface area contributed by atoms with Crippen LogP contribution in [0.1, 0.15) is 36.2 Å². The molecule has 0 amide bonds. The summed E-state index contributed by atoms with van der Waals surface area (Å²) in [6, 6.07) is 14.6. The van der Waals surface area contributed by atoms with Gasteiger partial charge in [-0.25, -0.2) is 4.98 Å². The molecule has 2 N–H and O–H groups in total. The van der Waals surface area contributed by atoms with Crippen LogP contribution in [0.25, 0.3) is 0 Å². The third kappa shape index (κ3) is 4.53. The third-order valence-corrected chi connectivity index (χ3v) is 3.54. The van der Waals surface area contributed by atoms with Gasteiger partial charge in [-0.05, 0) is 50.2 Å². The highest BCUT2D eigenvalue weighted by molar-refractivity contribution is 7.80. The van der Waals surface area contributed by atoms with E-state index in [1.54, 1.807) is 0 Å². The summed E-state index contributed by atoms with van der Waals surface area (Å²) in [4.78, 5) is 4.39. The molecule has 0 saturated carbocycles. The van der Waals surface area contributed by atoms with Crippen LogP contribution < -0.4 is 10.6 Å². The second-order valence-electron chi connectivity index (χ2n) is 5.13. The lowest BCUT2D eigenvalue weighted by Crippen LogP contribution is -2.32. The van der Waals surface area contributed by atoms with Gasteiger partial charge in [0.25, 0.3) is 0 Å². The number of hydrogen-bond acceptors (Lipinski definition) is 2. The highest BCUT2D eigenvalue weighted by atomic mass is 32.1. The van der Waals surface area contributed by atoms with Crippen molar-refractivity contribution in [1.82, 2.24) is 10.3 Å². The van der Waals surface area contributed by atoms with Crippen LogP contribution in [0.3, 0.4) is 0 Å². The number of rotatable bonds is 4. The van der Waals surface area contributed by atoms with Gasteiger partial charge in [-0.15, -0.1) is 0 Å². The van der Waals surface area contributed by atoms with Crippen LogP contribution in [-0.2, 0) is 0 Å². The summed E-state index contributed by atoms with van der Waals surface area (Å²) in [5.41, 5.74) is 3.47. The van der Waals surface area contributed by atoms with Crippen LogP contribution in [0.15, 0.2) is 42.5 Å². The fourth-order valence-electron chi connectivity index (χ4n) is 2.14. The Balaban J connectivity index is 2.01. The molecule has 0 radical (unpaired) electrons. The molecular formula is C17H21N3S. The van der Waals surface area contributed by atoms with Crippen molar-refractivity contribution in [3.8, 4) is 0 Å². The number of benzene rings is 1. The number of nitrogens with zero attached hydrogens (tertiary/aromatic N) is 1. The first-order valence-corrected chi connectivity index (χ1v) is 7.57. The molecule has 21 heavy (non-hydrogen) atoms. The standard InChI is InChI=1S/C17H21N3S/c1-4-15(14-10-8-12(2)9-11-14)19-17(21)20-16-7-5-6-13(3)18-16/h5-11,15H,4H2,1-3H3,(H2,18,19,20,21)/t15-/m1/s1. The summed E-state index contributed by atoms with van der Waals surface area (Å²) in [5.74, 6) is 0.770. The van der Waals surface area contributed by atoms with Crippen molar-refractivity contribution in [2.24, 2.45) is 0 Å². The van der Waals surface area contributed by atoms with Gasteiger partial charge in [0.2, 0.25) is 0 Å². The zero-order valence-corrected chi connectivity index (χ0v) is 13.5. The molecule has 0 aliphatic rings. The largest absolute Gasteiger partial charge is 0.356 e. The van der Waals surface area contributed by atoms with E-state index in [-0.39, 0.29) is 6.04 Å². The summed E-state index contributed by atoms with van der Waals surface area (Å²) in [6.07, 6.45) is 0.964. The zero-order valence-electron chi connectivity index (χ0n) is 12.7. The Hall–Kier alpha value is -1.94. The predicted molar refractivity (Wildman–Crippen MR) is 92.5 cm³/mol. The molecule has 3 nitrogen and oxygen atoms in total. The Labute approximate surface area is 131 Å². The molecule has 1 aromatic heterocycles. The maximum absolute atomic E-state index is 5.39. The molecule has 0 fully saturated rings. The van der Waals surface area contributed by atoms with Gasteiger partial charge in [-0.1, -0.05) is 42.8 Å². The van der Waals surface area contributed by atoms with E-state index in [0.29, 0.717) is 5.11 Å². The monoisotopic (exact) mass is 299 g/mol.